The van der Waals surface area contributed by atoms with Crippen LogP contribution >= 0.6 is 0 Å². The molecule has 1 atom stereocenters. The highest BCUT2D eigenvalue weighted by molar-refractivity contribution is 5.85. The van der Waals surface area contributed by atoms with Gasteiger partial charge in [0, 0.05) is 13.1 Å². The van der Waals surface area contributed by atoms with Crippen LogP contribution < -0.4 is 10.6 Å². The van der Waals surface area contributed by atoms with Gasteiger partial charge < -0.3 is 15.7 Å². The molecule has 0 spiro atoms. The molecular formula is C9H15N3O4. The van der Waals surface area contributed by atoms with E-state index in [0.717, 1.165) is 0 Å². The second-order valence-electron chi connectivity index (χ2n) is 3.52. The number of likely N-dealkylation sites (N-methyl/N-ethyl adjacent to an activating group) is 1. The first-order valence-corrected chi connectivity index (χ1v) is 5.04. The van der Waals surface area contributed by atoms with E-state index < -0.39 is 12.0 Å². The number of rotatable bonds is 4. The van der Waals surface area contributed by atoms with Crippen LogP contribution in [0.2, 0.25) is 0 Å². The van der Waals surface area contributed by atoms with Gasteiger partial charge in [0.1, 0.15) is 6.04 Å². The SMILES string of the molecule is CCNC(=O)CN1CC(=O)NCC1C(=O)O. The standard InChI is InChI=1S/C9H15N3O4/c1-2-10-7(13)4-12-5-8(14)11-3-6(12)9(15)16/h6H,2-5H2,1H3,(H,10,13)(H,11,14)(H,15,16). The summed E-state index contributed by atoms with van der Waals surface area (Å²) in [6.07, 6.45) is 0. The first kappa shape index (κ1) is 12.4. The minimum atomic E-state index is -1.04. The number of hydrogen-bond acceptors (Lipinski definition) is 4. The summed E-state index contributed by atoms with van der Waals surface area (Å²) in [5.41, 5.74) is 0. The van der Waals surface area contributed by atoms with E-state index in [2.05, 4.69) is 10.6 Å². The number of nitrogens with one attached hydrogen (secondary N) is 2. The lowest BCUT2D eigenvalue weighted by Crippen LogP contribution is -2.59. The Morgan fingerprint density at radius 1 is 1.62 bits per heavy atom. The molecule has 0 saturated carbocycles. The number of carbonyl (C=O) groups is 3. The fourth-order valence-corrected chi connectivity index (χ4v) is 1.54. The summed E-state index contributed by atoms with van der Waals surface area (Å²) in [5.74, 6) is -1.57. The smallest absolute Gasteiger partial charge is 0.322 e. The number of hydrogen-bond donors (Lipinski definition) is 3. The fraction of sp³-hybridized carbons (Fsp3) is 0.667. The second kappa shape index (κ2) is 5.45. The molecule has 0 radical (unpaired) electrons. The minimum Gasteiger partial charge on any atom is -0.480 e. The zero-order valence-corrected chi connectivity index (χ0v) is 9.02. The number of carboxylic acid groups (broad SMARTS) is 1. The highest BCUT2D eigenvalue weighted by atomic mass is 16.4. The molecule has 16 heavy (non-hydrogen) atoms. The molecule has 7 nitrogen and oxygen atoms in total. The van der Waals surface area contributed by atoms with Crippen molar-refractivity contribution in [3.8, 4) is 0 Å². The average molecular weight is 229 g/mol. The first-order chi connectivity index (χ1) is 7.54. The summed E-state index contributed by atoms with van der Waals surface area (Å²) in [5, 5.41) is 13.9. The molecule has 0 bridgehead atoms. The number of aliphatic carboxylic acids is 1. The Balaban J connectivity index is 2.60. The fourth-order valence-electron chi connectivity index (χ4n) is 1.54. The van der Waals surface area contributed by atoms with Gasteiger partial charge in [0.15, 0.2) is 0 Å². The van der Waals surface area contributed by atoms with E-state index in [1.165, 1.54) is 4.90 Å². The number of carboxylic acids is 1. The van der Waals surface area contributed by atoms with Gasteiger partial charge in [-0.2, -0.15) is 0 Å². The molecule has 1 aliphatic rings. The topological polar surface area (TPSA) is 98.7 Å². The highest BCUT2D eigenvalue weighted by Crippen LogP contribution is 2.03. The predicted molar refractivity (Wildman–Crippen MR) is 54.7 cm³/mol. The quantitative estimate of drug-likeness (QED) is 0.518. The summed E-state index contributed by atoms with van der Waals surface area (Å²) >= 11 is 0. The van der Waals surface area contributed by atoms with E-state index >= 15 is 0 Å². The van der Waals surface area contributed by atoms with Crippen LogP contribution in [0.3, 0.4) is 0 Å². The van der Waals surface area contributed by atoms with E-state index in [4.69, 9.17) is 5.11 Å². The summed E-state index contributed by atoms with van der Waals surface area (Å²) in [4.78, 5) is 34.7. The van der Waals surface area contributed by atoms with Crippen LogP contribution in [0.25, 0.3) is 0 Å². The number of piperazine rings is 1. The Kier molecular flexibility index (Phi) is 4.24. The molecule has 0 aromatic heterocycles. The van der Waals surface area contributed by atoms with E-state index in [-0.39, 0.29) is 31.4 Å². The Labute approximate surface area is 92.8 Å². The monoisotopic (exact) mass is 229 g/mol. The third kappa shape index (κ3) is 3.20. The van der Waals surface area contributed by atoms with Crippen molar-refractivity contribution in [1.82, 2.24) is 15.5 Å². The van der Waals surface area contributed by atoms with Crippen molar-refractivity contribution in [1.29, 1.82) is 0 Å². The Morgan fingerprint density at radius 2 is 2.31 bits per heavy atom. The normalized spacial score (nSPS) is 21.3. The maximum absolute atomic E-state index is 11.3. The molecule has 3 N–H and O–H groups in total. The maximum atomic E-state index is 11.3. The van der Waals surface area contributed by atoms with Gasteiger partial charge in [-0.3, -0.25) is 19.3 Å². The van der Waals surface area contributed by atoms with Crippen LogP contribution in [-0.4, -0.2) is 60.0 Å². The van der Waals surface area contributed by atoms with E-state index in [0.29, 0.717) is 6.54 Å². The zero-order valence-electron chi connectivity index (χ0n) is 9.02. The Hall–Kier alpha value is -1.63. The molecule has 1 rings (SSSR count). The molecule has 1 aliphatic heterocycles. The largest absolute Gasteiger partial charge is 0.480 e. The maximum Gasteiger partial charge on any atom is 0.322 e. The van der Waals surface area contributed by atoms with Crippen LogP contribution in [0.5, 0.6) is 0 Å². The molecule has 1 fully saturated rings. The average Bonchev–Trinajstić information content (AvgIpc) is 2.17. The molecule has 7 heteroatoms. The van der Waals surface area contributed by atoms with E-state index in [9.17, 15) is 14.4 Å². The summed E-state index contributed by atoms with van der Waals surface area (Å²) in [6.45, 7) is 2.16. The minimum absolute atomic E-state index is 0.0353. The molecular weight excluding hydrogens is 214 g/mol. The number of carbonyl (C=O) groups excluding carboxylic acids is 2. The number of amides is 2. The number of nitrogens with zero attached hydrogens (tertiary/aromatic N) is 1. The van der Waals surface area contributed by atoms with Gasteiger partial charge in [0.2, 0.25) is 11.8 Å². The van der Waals surface area contributed by atoms with E-state index in [1.807, 2.05) is 0 Å². The van der Waals surface area contributed by atoms with Crippen LogP contribution in [0.4, 0.5) is 0 Å². The van der Waals surface area contributed by atoms with Gasteiger partial charge in [-0.05, 0) is 6.92 Å². The van der Waals surface area contributed by atoms with Crippen LogP contribution in [0, 0.1) is 0 Å². The van der Waals surface area contributed by atoms with Crippen LogP contribution in [0.15, 0.2) is 0 Å². The second-order valence-corrected chi connectivity index (χ2v) is 3.52. The van der Waals surface area contributed by atoms with Crippen molar-refractivity contribution < 1.29 is 19.5 Å². The molecule has 1 unspecified atom stereocenters. The van der Waals surface area contributed by atoms with Crippen molar-refractivity contribution in [2.45, 2.75) is 13.0 Å². The Morgan fingerprint density at radius 3 is 2.88 bits per heavy atom. The Bertz CT molecular complexity index is 305. The van der Waals surface area contributed by atoms with Crippen LogP contribution in [0.1, 0.15) is 6.92 Å². The molecule has 0 aliphatic carbocycles. The summed E-state index contributed by atoms with van der Waals surface area (Å²) in [6, 6.07) is -0.833. The predicted octanol–water partition coefficient (Wildman–Crippen LogP) is -1.99. The van der Waals surface area contributed by atoms with Gasteiger partial charge >= 0.3 is 5.97 Å². The van der Waals surface area contributed by atoms with E-state index in [1.54, 1.807) is 6.92 Å². The molecule has 90 valence electrons. The lowest BCUT2D eigenvalue weighted by molar-refractivity contribution is -0.146. The third-order valence-corrected chi connectivity index (χ3v) is 2.29. The van der Waals surface area contributed by atoms with Gasteiger partial charge in [0.05, 0.1) is 13.1 Å². The van der Waals surface area contributed by atoms with Gasteiger partial charge in [-0.1, -0.05) is 0 Å². The van der Waals surface area contributed by atoms with Crippen molar-refractivity contribution in [2.24, 2.45) is 0 Å². The molecule has 1 heterocycles. The zero-order chi connectivity index (χ0) is 12.1. The van der Waals surface area contributed by atoms with Crippen molar-refractivity contribution in [3.05, 3.63) is 0 Å². The van der Waals surface area contributed by atoms with Crippen molar-refractivity contribution in [2.75, 3.05) is 26.2 Å². The lowest BCUT2D eigenvalue weighted by Gasteiger charge is -2.31. The summed E-state index contributed by atoms with van der Waals surface area (Å²) in [7, 11) is 0. The van der Waals surface area contributed by atoms with Gasteiger partial charge in [0.25, 0.3) is 0 Å². The lowest BCUT2D eigenvalue weighted by atomic mass is 10.2. The summed E-state index contributed by atoms with van der Waals surface area (Å²) < 4.78 is 0. The van der Waals surface area contributed by atoms with Crippen molar-refractivity contribution >= 4 is 17.8 Å². The molecule has 0 aromatic rings. The van der Waals surface area contributed by atoms with Gasteiger partial charge in [-0.25, -0.2) is 0 Å². The third-order valence-electron chi connectivity index (χ3n) is 2.29. The highest BCUT2D eigenvalue weighted by Gasteiger charge is 2.32. The van der Waals surface area contributed by atoms with Crippen LogP contribution in [-0.2, 0) is 14.4 Å². The molecule has 0 aromatic carbocycles. The first-order valence-electron chi connectivity index (χ1n) is 5.04. The molecule has 1 saturated heterocycles. The van der Waals surface area contributed by atoms with Gasteiger partial charge in [-0.15, -0.1) is 0 Å². The van der Waals surface area contributed by atoms with Crippen molar-refractivity contribution in [3.63, 3.8) is 0 Å². The molecule has 2 amide bonds.